The van der Waals surface area contributed by atoms with E-state index in [0.29, 0.717) is 15.4 Å². The number of carbonyl (C=O) groups is 1. The highest BCUT2D eigenvalue weighted by Gasteiger charge is 2.16. The number of nitrogens with one attached hydrogen (secondary N) is 2. The van der Waals surface area contributed by atoms with Gasteiger partial charge in [-0.3, -0.25) is 9.59 Å². The van der Waals surface area contributed by atoms with Crippen molar-refractivity contribution >= 4 is 67.5 Å². The fourth-order valence-electron chi connectivity index (χ4n) is 4.20. The van der Waals surface area contributed by atoms with Gasteiger partial charge in [0.2, 0.25) is 5.91 Å². The molecular formula is C25H22IN3O2S2. The van der Waals surface area contributed by atoms with Crippen molar-refractivity contribution in [2.24, 2.45) is 0 Å². The Balaban J connectivity index is 1.34. The maximum Gasteiger partial charge on any atom is 0.260 e. The molecule has 0 spiro atoms. The summed E-state index contributed by atoms with van der Waals surface area (Å²) in [7, 11) is 0. The number of H-pyrrole nitrogens is 1. The summed E-state index contributed by atoms with van der Waals surface area (Å²) in [4.78, 5) is 33.6. The number of hydrogen-bond donors (Lipinski definition) is 2. The average Bonchev–Trinajstić information content (AvgIpc) is 3.24. The van der Waals surface area contributed by atoms with Gasteiger partial charge in [0, 0.05) is 20.2 Å². The monoisotopic (exact) mass is 587 g/mol. The number of anilines is 1. The molecule has 0 atom stereocenters. The summed E-state index contributed by atoms with van der Waals surface area (Å²) in [6.45, 7) is 1.97. The lowest BCUT2D eigenvalue weighted by Gasteiger charge is -2.16. The van der Waals surface area contributed by atoms with Crippen LogP contribution in [0.3, 0.4) is 0 Å². The van der Waals surface area contributed by atoms with Crippen LogP contribution in [0.15, 0.2) is 51.7 Å². The van der Waals surface area contributed by atoms with Crippen molar-refractivity contribution in [3.63, 3.8) is 0 Å². The zero-order chi connectivity index (χ0) is 22.9. The summed E-state index contributed by atoms with van der Waals surface area (Å²) in [5.74, 6) is 0.0381. The summed E-state index contributed by atoms with van der Waals surface area (Å²) >= 11 is 4.95. The number of aryl methyl sites for hydroxylation is 3. The van der Waals surface area contributed by atoms with Crippen molar-refractivity contribution in [3.05, 3.63) is 72.4 Å². The van der Waals surface area contributed by atoms with Crippen LogP contribution in [0.2, 0.25) is 0 Å². The van der Waals surface area contributed by atoms with Gasteiger partial charge in [-0.1, -0.05) is 30.0 Å². The number of carbonyl (C=O) groups excluding carboxylic acids is 1. The topological polar surface area (TPSA) is 74.8 Å². The second-order valence-electron chi connectivity index (χ2n) is 8.19. The van der Waals surface area contributed by atoms with Gasteiger partial charge in [0.25, 0.3) is 5.56 Å². The number of hydrogen-bond acceptors (Lipinski definition) is 5. The lowest BCUT2D eigenvalue weighted by molar-refractivity contribution is -0.113. The molecule has 0 fully saturated rings. The Hall–Kier alpha value is -2.17. The summed E-state index contributed by atoms with van der Waals surface area (Å²) in [5.41, 5.74) is 6.47. The van der Waals surface area contributed by atoms with Crippen molar-refractivity contribution in [3.8, 4) is 11.1 Å². The van der Waals surface area contributed by atoms with E-state index in [2.05, 4.69) is 56.1 Å². The number of thioether (sulfide) groups is 1. The lowest BCUT2D eigenvalue weighted by Crippen LogP contribution is -2.16. The van der Waals surface area contributed by atoms with Crippen molar-refractivity contribution in [1.82, 2.24) is 9.97 Å². The van der Waals surface area contributed by atoms with E-state index in [1.807, 2.05) is 30.5 Å². The van der Waals surface area contributed by atoms with E-state index in [1.54, 1.807) is 0 Å². The number of fused-ring (bicyclic) bond motifs is 2. The first kappa shape index (κ1) is 22.6. The van der Waals surface area contributed by atoms with Crippen LogP contribution in [0.25, 0.3) is 21.3 Å². The van der Waals surface area contributed by atoms with Crippen molar-refractivity contribution < 1.29 is 4.79 Å². The molecule has 33 heavy (non-hydrogen) atoms. The van der Waals surface area contributed by atoms with Gasteiger partial charge >= 0.3 is 0 Å². The smallest absolute Gasteiger partial charge is 0.260 e. The molecule has 2 heterocycles. The van der Waals surface area contributed by atoms with Gasteiger partial charge in [0.1, 0.15) is 4.83 Å². The second kappa shape index (κ2) is 9.60. The highest BCUT2D eigenvalue weighted by molar-refractivity contribution is 14.1. The largest absolute Gasteiger partial charge is 0.325 e. The highest BCUT2D eigenvalue weighted by atomic mass is 127. The van der Waals surface area contributed by atoms with Gasteiger partial charge in [0.05, 0.1) is 11.1 Å². The molecule has 5 nitrogen and oxygen atoms in total. The van der Waals surface area contributed by atoms with Gasteiger partial charge < -0.3 is 10.3 Å². The van der Waals surface area contributed by atoms with Crippen molar-refractivity contribution in [2.75, 3.05) is 11.1 Å². The average molecular weight is 588 g/mol. The summed E-state index contributed by atoms with van der Waals surface area (Å²) < 4.78 is 1.12. The van der Waals surface area contributed by atoms with E-state index in [9.17, 15) is 9.59 Å². The lowest BCUT2D eigenvalue weighted by atomic mass is 9.89. The molecule has 2 N–H and O–H groups in total. The number of aromatic nitrogens is 2. The Morgan fingerprint density at radius 2 is 2.00 bits per heavy atom. The van der Waals surface area contributed by atoms with Crippen molar-refractivity contribution in [1.29, 1.82) is 0 Å². The van der Waals surface area contributed by atoms with Crippen LogP contribution in [-0.4, -0.2) is 21.6 Å². The first-order valence-corrected chi connectivity index (χ1v) is 13.7. The molecule has 5 rings (SSSR count). The number of aromatic amines is 1. The normalized spacial score (nSPS) is 13.2. The molecule has 0 saturated heterocycles. The molecule has 0 radical (unpaired) electrons. The van der Waals surface area contributed by atoms with Crippen LogP contribution in [0, 0.1) is 10.5 Å². The Morgan fingerprint density at radius 3 is 2.82 bits per heavy atom. The molecule has 0 aliphatic heterocycles. The zero-order valence-electron chi connectivity index (χ0n) is 18.0. The van der Waals surface area contributed by atoms with E-state index in [0.717, 1.165) is 38.8 Å². The summed E-state index contributed by atoms with van der Waals surface area (Å²) in [6, 6.07) is 12.4. The maximum atomic E-state index is 13.0. The molecule has 1 aliphatic carbocycles. The molecule has 1 aliphatic rings. The molecule has 2 aromatic carbocycles. The highest BCUT2D eigenvalue weighted by Crippen LogP contribution is 2.34. The number of amides is 1. The molecule has 0 bridgehead atoms. The minimum Gasteiger partial charge on any atom is -0.325 e. The predicted molar refractivity (Wildman–Crippen MR) is 146 cm³/mol. The van der Waals surface area contributed by atoms with Gasteiger partial charge in [-0.05, 0) is 95.7 Å². The number of benzene rings is 2. The third-order valence-corrected chi connectivity index (χ3v) is 8.30. The Bertz CT molecular complexity index is 1430. The van der Waals surface area contributed by atoms with Crippen LogP contribution in [0.5, 0.6) is 0 Å². The molecule has 0 unspecified atom stereocenters. The third kappa shape index (κ3) is 4.88. The molecule has 2 aromatic heterocycles. The fourth-order valence-corrected chi connectivity index (χ4v) is 6.51. The van der Waals surface area contributed by atoms with Crippen LogP contribution in [0.4, 0.5) is 5.69 Å². The Morgan fingerprint density at radius 1 is 1.18 bits per heavy atom. The van der Waals surface area contributed by atoms with Crippen LogP contribution < -0.4 is 10.9 Å². The quantitative estimate of drug-likeness (QED) is 0.166. The maximum absolute atomic E-state index is 13.0. The Labute approximate surface area is 213 Å². The number of nitrogens with zero attached hydrogens (tertiary/aromatic N) is 1. The molecule has 168 valence electrons. The van der Waals surface area contributed by atoms with E-state index >= 15 is 0 Å². The SMILES string of the molecule is Cc1cc(I)ccc1NC(=O)CSc1nc2scc(-c3ccc4c(c3)CCCC4)c2c(=O)[nH]1. The standard InChI is InChI=1S/C25H22IN3O2S2/c1-14-10-18(26)8-9-20(14)27-21(30)13-33-25-28-23(31)22-19(12-32-24(22)29-25)17-7-6-15-4-2-3-5-16(15)11-17/h6-12H,2-5,13H2,1H3,(H,27,30)(H,28,29,31). The minimum absolute atomic E-state index is 0.131. The van der Waals surface area contributed by atoms with Gasteiger partial charge in [-0.15, -0.1) is 11.3 Å². The molecule has 4 aromatic rings. The predicted octanol–water partition coefficient (Wildman–Crippen LogP) is 6.17. The number of halogens is 1. The van der Waals surface area contributed by atoms with Crippen molar-refractivity contribution in [2.45, 2.75) is 37.8 Å². The number of thiophene rings is 1. The second-order valence-corrected chi connectivity index (χ2v) is 11.3. The molecule has 1 amide bonds. The van der Waals surface area contributed by atoms with E-state index in [-0.39, 0.29) is 17.2 Å². The Kier molecular flexibility index (Phi) is 6.58. The summed E-state index contributed by atoms with van der Waals surface area (Å²) in [6.07, 6.45) is 4.71. The van der Waals surface area contributed by atoms with Gasteiger partial charge in [-0.2, -0.15) is 0 Å². The first-order valence-electron chi connectivity index (χ1n) is 10.8. The van der Waals surface area contributed by atoms with Crippen LogP contribution >= 0.6 is 45.7 Å². The number of rotatable bonds is 5. The molecule has 8 heteroatoms. The fraction of sp³-hybridized carbons (Fsp3) is 0.240. The van der Waals surface area contributed by atoms with E-state index < -0.39 is 0 Å². The molecule has 0 saturated carbocycles. The summed E-state index contributed by atoms with van der Waals surface area (Å²) in [5, 5.41) is 6.02. The van der Waals surface area contributed by atoms with Gasteiger partial charge in [0.15, 0.2) is 5.16 Å². The van der Waals surface area contributed by atoms with Gasteiger partial charge in [-0.25, -0.2) is 4.98 Å². The van der Waals surface area contributed by atoms with E-state index in [4.69, 9.17) is 0 Å². The zero-order valence-corrected chi connectivity index (χ0v) is 21.8. The van der Waals surface area contributed by atoms with Crippen LogP contribution in [-0.2, 0) is 17.6 Å². The van der Waals surface area contributed by atoms with E-state index in [1.165, 1.54) is 47.1 Å². The first-order chi connectivity index (χ1) is 16.0. The minimum atomic E-state index is -0.162. The van der Waals surface area contributed by atoms with Crippen LogP contribution in [0.1, 0.15) is 29.5 Å². The third-order valence-electron chi connectivity index (χ3n) is 5.88. The molecular weight excluding hydrogens is 565 g/mol.